The van der Waals surface area contributed by atoms with Crippen LogP contribution in [-0.2, 0) is 4.74 Å². The van der Waals surface area contributed by atoms with E-state index in [9.17, 15) is 0 Å². The fraction of sp³-hybridized carbons (Fsp3) is 0.417. The number of pyridine rings is 1. The molecule has 1 saturated heterocycles. The summed E-state index contributed by atoms with van der Waals surface area (Å²) in [5.74, 6) is 0. The zero-order valence-corrected chi connectivity index (χ0v) is 9.86. The van der Waals surface area contributed by atoms with E-state index in [-0.39, 0.29) is 6.04 Å². The van der Waals surface area contributed by atoms with Crippen molar-refractivity contribution in [3.63, 3.8) is 0 Å². The van der Waals surface area contributed by atoms with Gasteiger partial charge in [-0.15, -0.1) is 6.58 Å². The first-order valence-corrected chi connectivity index (χ1v) is 5.75. The predicted molar refractivity (Wildman–Crippen MR) is 64.6 cm³/mol. The third kappa shape index (κ3) is 2.61. The van der Waals surface area contributed by atoms with Gasteiger partial charge in [-0.3, -0.25) is 4.90 Å². The van der Waals surface area contributed by atoms with Crippen molar-refractivity contribution in [3.05, 3.63) is 41.7 Å². The Kier molecular flexibility index (Phi) is 3.93. The highest BCUT2D eigenvalue weighted by Gasteiger charge is 2.19. The van der Waals surface area contributed by atoms with E-state index in [1.807, 2.05) is 18.2 Å². The third-order valence-electron chi connectivity index (χ3n) is 2.75. The Hall–Kier alpha value is -0.900. The maximum absolute atomic E-state index is 5.90. The molecule has 2 heterocycles. The van der Waals surface area contributed by atoms with Gasteiger partial charge >= 0.3 is 0 Å². The van der Waals surface area contributed by atoms with Crippen molar-refractivity contribution in [3.8, 4) is 0 Å². The normalized spacial score (nSPS) is 19.3. The number of nitrogens with zero attached hydrogens (tertiary/aromatic N) is 2. The summed E-state index contributed by atoms with van der Waals surface area (Å²) < 4.78 is 5.34. The molecule has 1 aliphatic rings. The minimum atomic E-state index is 0.199. The zero-order chi connectivity index (χ0) is 11.4. The molecule has 0 saturated carbocycles. The molecule has 1 aliphatic heterocycles. The fourth-order valence-electron chi connectivity index (χ4n) is 1.95. The first-order valence-electron chi connectivity index (χ1n) is 5.37. The van der Waals surface area contributed by atoms with Gasteiger partial charge in [0.15, 0.2) is 0 Å². The van der Waals surface area contributed by atoms with Gasteiger partial charge in [-0.1, -0.05) is 17.7 Å². The van der Waals surface area contributed by atoms with Crippen molar-refractivity contribution in [2.75, 3.05) is 26.3 Å². The highest BCUT2D eigenvalue weighted by atomic mass is 35.5. The van der Waals surface area contributed by atoms with E-state index >= 15 is 0 Å². The number of hydrogen-bond acceptors (Lipinski definition) is 3. The summed E-state index contributed by atoms with van der Waals surface area (Å²) >= 11 is 5.90. The van der Waals surface area contributed by atoms with Crippen LogP contribution in [0.1, 0.15) is 11.6 Å². The number of rotatable bonds is 3. The fourth-order valence-corrected chi connectivity index (χ4v) is 2.14. The van der Waals surface area contributed by atoms with Gasteiger partial charge in [-0.2, -0.15) is 0 Å². The Morgan fingerprint density at radius 2 is 2.25 bits per heavy atom. The molecule has 0 aromatic carbocycles. The molecule has 0 bridgehead atoms. The van der Waals surface area contributed by atoms with E-state index < -0.39 is 0 Å². The SMILES string of the molecule is C=CC(c1ccnc(Cl)c1)N1CCOCC1. The van der Waals surface area contributed by atoms with Crippen LogP contribution in [0.3, 0.4) is 0 Å². The van der Waals surface area contributed by atoms with Gasteiger partial charge in [-0.05, 0) is 17.7 Å². The van der Waals surface area contributed by atoms with E-state index in [1.165, 1.54) is 0 Å². The second-order valence-corrected chi connectivity index (χ2v) is 4.13. The molecule has 1 atom stereocenters. The molecule has 86 valence electrons. The molecule has 0 radical (unpaired) electrons. The van der Waals surface area contributed by atoms with Crippen LogP contribution in [0.2, 0.25) is 5.15 Å². The van der Waals surface area contributed by atoms with Crippen LogP contribution in [0.15, 0.2) is 31.0 Å². The standard InChI is InChI=1S/C12H15ClN2O/c1-2-11(15-5-7-16-8-6-15)10-3-4-14-12(13)9-10/h2-4,9,11H,1,5-8H2. The summed E-state index contributed by atoms with van der Waals surface area (Å²) in [6, 6.07) is 4.07. The van der Waals surface area contributed by atoms with E-state index in [1.54, 1.807) is 6.20 Å². The molecule has 16 heavy (non-hydrogen) atoms. The number of halogens is 1. The Bertz CT molecular complexity index is 364. The average Bonchev–Trinajstić information content (AvgIpc) is 2.31. The van der Waals surface area contributed by atoms with E-state index in [4.69, 9.17) is 16.3 Å². The Morgan fingerprint density at radius 1 is 1.50 bits per heavy atom. The Morgan fingerprint density at radius 3 is 2.88 bits per heavy atom. The van der Waals surface area contributed by atoms with Crippen LogP contribution in [0.4, 0.5) is 0 Å². The van der Waals surface area contributed by atoms with Crippen molar-refractivity contribution in [1.29, 1.82) is 0 Å². The van der Waals surface area contributed by atoms with Crippen molar-refractivity contribution in [2.24, 2.45) is 0 Å². The summed E-state index contributed by atoms with van der Waals surface area (Å²) in [6.45, 7) is 7.31. The summed E-state index contributed by atoms with van der Waals surface area (Å²) in [4.78, 5) is 6.33. The summed E-state index contributed by atoms with van der Waals surface area (Å²) in [5.41, 5.74) is 1.14. The molecule has 1 unspecified atom stereocenters. The lowest BCUT2D eigenvalue weighted by Gasteiger charge is -2.32. The molecule has 1 fully saturated rings. The maximum atomic E-state index is 5.90. The van der Waals surface area contributed by atoms with E-state index in [0.717, 1.165) is 31.9 Å². The van der Waals surface area contributed by atoms with E-state index in [2.05, 4.69) is 16.5 Å². The predicted octanol–water partition coefficient (Wildman–Crippen LogP) is 2.29. The number of aromatic nitrogens is 1. The van der Waals surface area contributed by atoms with Gasteiger partial charge in [0.2, 0.25) is 0 Å². The van der Waals surface area contributed by atoms with Crippen molar-refractivity contribution in [1.82, 2.24) is 9.88 Å². The topological polar surface area (TPSA) is 25.4 Å². The van der Waals surface area contributed by atoms with Gasteiger partial charge in [-0.25, -0.2) is 4.98 Å². The summed E-state index contributed by atoms with van der Waals surface area (Å²) in [5, 5.41) is 0.526. The molecular weight excluding hydrogens is 224 g/mol. The van der Waals surface area contributed by atoms with Crippen LogP contribution in [0.25, 0.3) is 0 Å². The van der Waals surface area contributed by atoms with Crippen LogP contribution in [0, 0.1) is 0 Å². The van der Waals surface area contributed by atoms with Gasteiger partial charge in [0.25, 0.3) is 0 Å². The zero-order valence-electron chi connectivity index (χ0n) is 9.10. The molecule has 1 aromatic heterocycles. The van der Waals surface area contributed by atoms with Gasteiger partial charge in [0.05, 0.1) is 19.3 Å². The van der Waals surface area contributed by atoms with Crippen LogP contribution in [0.5, 0.6) is 0 Å². The van der Waals surface area contributed by atoms with Crippen LogP contribution >= 0.6 is 11.6 Å². The largest absolute Gasteiger partial charge is 0.379 e. The van der Waals surface area contributed by atoms with Gasteiger partial charge in [0, 0.05) is 19.3 Å². The molecular formula is C12H15ClN2O. The quantitative estimate of drug-likeness (QED) is 0.597. The lowest BCUT2D eigenvalue weighted by molar-refractivity contribution is 0.0253. The van der Waals surface area contributed by atoms with Crippen LogP contribution < -0.4 is 0 Å². The lowest BCUT2D eigenvalue weighted by atomic mass is 10.1. The van der Waals surface area contributed by atoms with Crippen molar-refractivity contribution < 1.29 is 4.74 Å². The average molecular weight is 239 g/mol. The number of morpholine rings is 1. The first kappa shape index (κ1) is 11.6. The minimum absolute atomic E-state index is 0.199. The second kappa shape index (κ2) is 5.43. The van der Waals surface area contributed by atoms with Crippen molar-refractivity contribution >= 4 is 11.6 Å². The monoisotopic (exact) mass is 238 g/mol. The van der Waals surface area contributed by atoms with Crippen molar-refractivity contribution in [2.45, 2.75) is 6.04 Å². The maximum Gasteiger partial charge on any atom is 0.129 e. The molecule has 3 nitrogen and oxygen atoms in total. The first-order chi connectivity index (χ1) is 7.81. The Labute approximate surface area is 101 Å². The molecule has 1 aromatic rings. The van der Waals surface area contributed by atoms with E-state index in [0.29, 0.717) is 5.15 Å². The molecule has 0 amide bonds. The minimum Gasteiger partial charge on any atom is -0.379 e. The molecule has 0 aliphatic carbocycles. The smallest absolute Gasteiger partial charge is 0.129 e. The number of hydrogen-bond donors (Lipinski definition) is 0. The molecule has 2 rings (SSSR count). The van der Waals surface area contributed by atoms with Gasteiger partial charge in [0.1, 0.15) is 5.15 Å². The molecule has 0 N–H and O–H groups in total. The van der Waals surface area contributed by atoms with Crippen LogP contribution in [-0.4, -0.2) is 36.2 Å². The highest BCUT2D eigenvalue weighted by Crippen LogP contribution is 2.23. The molecule has 4 heteroatoms. The Balaban J connectivity index is 2.17. The third-order valence-corrected chi connectivity index (χ3v) is 2.96. The van der Waals surface area contributed by atoms with Gasteiger partial charge < -0.3 is 4.74 Å². The summed E-state index contributed by atoms with van der Waals surface area (Å²) in [7, 11) is 0. The summed E-state index contributed by atoms with van der Waals surface area (Å²) in [6.07, 6.45) is 3.67. The second-order valence-electron chi connectivity index (χ2n) is 3.74. The highest BCUT2D eigenvalue weighted by molar-refractivity contribution is 6.29. The lowest BCUT2D eigenvalue weighted by Crippen LogP contribution is -2.38. The number of ether oxygens (including phenoxy) is 1. The molecule has 0 spiro atoms.